The maximum Gasteiger partial charge on any atom is 0.230 e. The quantitative estimate of drug-likeness (QED) is 0.553. The van der Waals surface area contributed by atoms with Gasteiger partial charge in [0, 0.05) is 19.0 Å². The molecule has 0 saturated heterocycles. The Kier molecular flexibility index (Phi) is 6.26. The van der Waals surface area contributed by atoms with E-state index in [9.17, 15) is 9.59 Å². The van der Waals surface area contributed by atoms with E-state index in [4.69, 9.17) is 0 Å². The molecule has 1 aliphatic carbocycles. The molecule has 1 heterocycles. The molecule has 1 aliphatic rings. The van der Waals surface area contributed by atoms with E-state index < -0.39 is 0 Å². The predicted molar refractivity (Wildman–Crippen MR) is 104 cm³/mol. The molecule has 1 fully saturated rings. The Balaban J connectivity index is 1.48. The minimum absolute atomic E-state index is 0.0454. The van der Waals surface area contributed by atoms with E-state index in [0.29, 0.717) is 22.4 Å². The maximum atomic E-state index is 12.1. The van der Waals surface area contributed by atoms with Gasteiger partial charge >= 0.3 is 0 Å². The normalized spacial score (nSPS) is 13.5. The third kappa shape index (κ3) is 5.04. The van der Waals surface area contributed by atoms with E-state index in [2.05, 4.69) is 15.5 Å². The smallest absolute Gasteiger partial charge is 0.230 e. The summed E-state index contributed by atoms with van der Waals surface area (Å²) in [6, 6.07) is 8.35. The van der Waals surface area contributed by atoms with Crippen LogP contribution in [0, 0.1) is 6.92 Å². The lowest BCUT2D eigenvalue weighted by Crippen LogP contribution is -2.32. The molecule has 0 aliphatic heterocycles. The van der Waals surface area contributed by atoms with Crippen LogP contribution in [0.3, 0.4) is 0 Å². The van der Waals surface area contributed by atoms with E-state index in [0.717, 1.165) is 18.4 Å². The molecule has 1 aromatic carbocycles. The highest BCUT2D eigenvalue weighted by atomic mass is 32.2. The van der Waals surface area contributed by atoms with Crippen molar-refractivity contribution in [3.8, 4) is 0 Å². The summed E-state index contributed by atoms with van der Waals surface area (Å²) in [5.41, 5.74) is 2.27. The van der Waals surface area contributed by atoms with Gasteiger partial charge in [0.25, 0.3) is 0 Å². The molecule has 0 unspecified atom stereocenters. The van der Waals surface area contributed by atoms with Gasteiger partial charge in [-0.2, -0.15) is 0 Å². The SMILES string of the molecule is CCC(=O)N(c1nnc(SCC(=O)NCc2ccc(C)cc2)s1)C1CC1. The van der Waals surface area contributed by atoms with E-state index in [1.165, 1.54) is 28.7 Å². The van der Waals surface area contributed by atoms with E-state index in [1.807, 2.05) is 38.1 Å². The number of rotatable bonds is 8. The first-order valence-corrected chi connectivity index (χ1v) is 10.5. The Morgan fingerprint density at radius 2 is 2.00 bits per heavy atom. The Morgan fingerprint density at radius 1 is 1.27 bits per heavy atom. The number of anilines is 1. The van der Waals surface area contributed by atoms with Crippen molar-refractivity contribution in [2.24, 2.45) is 0 Å². The van der Waals surface area contributed by atoms with Gasteiger partial charge in [-0.15, -0.1) is 10.2 Å². The summed E-state index contributed by atoms with van der Waals surface area (Å²) in [6.45, 7) is 4.40. The van der Waals surface area contributed by atoms with Crippen molar-refractivity contribution in [3.05, 3.63) is 35.4 Å². The summed E-state index contributed by atoms with van der Waals surface area (Å²) in [5.74, 6) is 0.318. The average Bonchev–Trinajstić information content (AvgIpc) is 3.37. The molecule has 3 rings (SSSR count). The van der Waals surface area contributed by atoms with Gasteiger partial charge in [0.15, 0.2) is 4.34 Å². The molecular formula is C18H22N4O2S2. The summed E-state index contributed by atoms with van der Waals surface area (Å²) in [7, 11) is 0. The molecule has 2 aromatic rings. The molecule has 0 spiro atoms. The van der Waals surface area contributed by atoms with Crippen molar-refractivity contribution in [1.82, 2.24) is 15.5 Å². The molecule has 8 heteroatoms. The monoisotopic (exact) mass is 390 g/mol. The summed E-state index contributed by atoms with van der Waals surface area (Å²) < 4.78 is 0.708. The fourth-order valence-electron chi connectivity index (χ4n) is 2.41. The van der Waals surface area contributed by atoms with Gasteiger partial charge in [-0.25, -0.2) is 0 Å². The average molecular weight is 391 g/mol. The summed E-state index contributed by atoms with van der Waals surface area (Å²) in [5, 5.41) is 11.8. The van der Waals surface area contributed by atoms with Crippen LogP contribution >= 0.6 is 23.1 Å². The molecule has 0 radical (unpaired) electrons. The van der Waals surface area contributed by atoms with Crippen molar-refractivity contribution in [1.29, 1.82) is 0 Å². The topological polar surface area (TPSA) is 75.2 Å². The second-order valence-electron chi connectivity index (χ2n) is 6.25. The first-order valence-electron chi connectivity index (χ1n) is 8.67. The molecular weight excluding hydrogens is 368 g/mol. The van der Waals surface area contributed by atoms with E-state index in [1.54, 1.807) is 4.90 Å². The number of carbonyl (C=O) groups excluding carboxylic acids is 2. The van der Waals surface area contributed by atoms with Crippen LogP contribution in [-0.4, -0.2) is 33.8 Å². The van der Waals surface area contributed by atoms with Gasteiger partial charge in [0.2, 0.25) is 16.9 Å². The van der Waals surface area contributed by atoms with Gasteiger partial charge in [-0.05, 0) is 25.3 Å². The summed E-state index contributed by atoms with van der Waals surface area (Å²) >= 11 is 2.73. The molecule has 138 valence electrons. The summed E-state index contributed by atoms with van der Waals surface area (Å²) in [6.07, 6.45) is 2.50. The standard InChI is InChI=1S/C18H22N4O2S2/c1-3-16(24)22(14-8-9-14)17-20-21-18(26-17)25-11-15(23)19-10-13-6-4-12(2)5-7-13/h4-7,14H,3,8-11H2,1-2H3,(H,19,23). The number of carbonyl (C=O) groups is 2. The Labute approximate surface area is 161 Å². The zero-order valence-corrected chi connectivity index (χ0v) is 16.5. The van der Waals surface area contributed by atoms with Crippen molar-refractivity contribution >= 4 is 40.0 Å². The van der Waals surface area contributed by atoms with E-state index >= 15 is 0 Å². The van der Waals surface area contributed by atoms with Crippen LogP contribution in [0.2, 0.25) is 0 Å². The Morgan fingerprint density at radius 3 is 2.65 bits per heavy atom. The number of benzene rings is 1. The van der Waals surface area contributed by atoms with Crippen LogP contribution in [0.4, 0.5) is 5.13 Å². The van der Waals surface area contributed by atoms with Gasteiger partial charge in [0.05, 0.1) is 5.75 Å². The highest BCUT2D eigenvalue weighted by Crippen LogP contribution is 2.36. The molecule has 26 heavy (non-hydrogen) atoms. The molecule has 2 amide bonds. The van der Waals surface area contributed by atoms with Crippen LogP contribution in [-0.2, 0) is 16.1 Å². The van der Waals surface area contributed by atoms with Gasteiger partial charge in [-0.1, -0.05) is 59.9 Å². The number of hydrogen-bond donors (Lipinski definition) is 1. The molecule has 1 aromatic heterocycles. The van der Waals surface area contributed by atoms with E-state index in [-0.39, 0.29) is 23.6 Å². The highest BCUT2D eigenvalue weighted by molar-refractivity contribution is 8.01. The van der Waals surface area contributed by atoms with Crippen molar-refractivity contribution < 1.29 is 9.59 Å². The highest BCUT2D eigenvalue weighted by Gasteiger charge is 2.35. The van der Waals surface area contributed by atoms with Crippen molar-refractivity contribution in [2.75, 3.05) is 10.7 Å². The molecule has 1 N–H and O–H groups in total. The van der Waals surface area contributed by atoms with Gasteiger partial charge in [-0.3, -0.25) is 14.5 Å². The molecule has 6 nitrogen and oxygen atoms in total. The molecule has 1 saturated carbocycles. The van der Waals surface area contributed by atoms with Crippen LogP contribution in [0.1, 0.15) is 37.3 Å². The fraction of sp³-hybridized carbons (Fsp3) is 0.444. The molecule has 0 bridgehead atoms. The second-order valence-corrected chi connectivity index (χ2v) is 8.43. The van der Waals surface area contributed by atoms with Crippen LogP contribution < -0.4 is 10.2 Å². The first-order chi connectivity index (χ1) is 12.6. The fourth-order valence-corrected chi connectivity index (χ4v) is 4.17. The minimum atomic E-state index is -0.0454. The number of nitrogens with one attached hydrogen (secondary N) is 1. The second kappa shape index (κ2) is 8.64. The number of hydrogen-bond acceptors (Lipinski definition) is 6. The number of aromatic nitrogens is 2. The summed E-state index contributed by atoms with van der Waals surface area (Å²) in [4.78, 5) is 25.9. The zero-order valence-electron chi connectivity index (χ0n) is 14.9. The number of aryl methyl sites for hydroxylation is 1. The third-order valence-corrected chi connectivity index (χ3v) is 6.08. The lowest BCUT2D eigenvalue weighted by Gasteiger charge is -2.17. The first kappa shape index (κ1) is 18.8. The van der Waals surface area contributed by atoms with Gasteiger partial charge < -0.3 is 5.32 Å². The Bertz CT molecular complexity index is 772. The lowest BCUT2D eigenvalue weighted by atomic mass is 10.1. The number of nitrogens with zero attached hydrogens (tertiary/aromatic N) is 3. The largest absolute Gasteiger partial charge is 0.351 e. The predicted octanol–water partition coefficient (Wildman–Crippen LogP) is 3.16. The number of amides is 2. The zero-order chi connectivity index (χ0) is 18.5. The third-order valence-electron chi connectivity index (χ3n) is 4.02. The van der Waals surface area contributed by atoms with Crippen LogP contribution in [0.5, 0.6) is 0 Å². The van der Waals surface area contributed by atoms with Crippen LogP contribution in [0.15, 0.2) is 28.6 Å². The van der Waals surface area contributed by atoms with Crippen molar-refractivity contribution in [2.45, 2.75) is 50.0 Å². The molecule has 0 atom stereocenters. The van der Waals surface area contributed by atoms with Crippen LogP contribution in [0.25, 0.3) is 0 Å². The number of thioether (sulfide) groups is 1. The van der Waals surface area contributed by atoms with Crippen molar-refractivity contribution in [3.63, 3.8) is 0 Å². The van der Waals surface area contributed by atoms with Gasteiger partial charge in [0.1, 0.15) is 0 Å². The lowest BCUT2D eigenvalue weighted by molar-refractivity contribution is -0.119. The maximum absolute atomic E-state index is 12.1. The Hall–Kier alpha value is -1.93. The minimum Gasteiger partial charge on any atom is -0.351 e.